The van der Waals surface area contributed by atoms with E-state index in [2.05, 4.69) is 5.32 Å². The molecule has 10 heteroatoms. The summed E-state index contributed by atoms with van der Waals surface area (Å²) in [5, 5.41) is 2.46. The van der Waals surface area contributed by atoms with E-state index >= 15 is 0 Å². The fraction of sp³-hybridized carbons (Fsp3) is 0.318. The van der Waals surface area contributed by atoms with Crippen LogP contribution in [0, 0.1) is 0 Å². The molecule has 0 aliphatic heterocycles. The molecule has 0 radical (unpaired) electrons. The number of hydrogen-bond acceptors (Lipinski definition) is 7. The van der Waals surface area contributed by atoms with Crippen LogP contribution in [0.15, 0.2) is 60.7 Å². The number of carbonyl (C=O) groups is 3. The molecule has 172 valence electrons. The third kappa shape index (κ3) is 10.1. The maximum absolute atomic E-state index is 12.5. The highest BCUT2D eigenvalue weighted by Gasteiger charge is 2.23. The Hall–Kier alpha value is -3.40. The van der Waals surface area contributed by atoms with Gasteiger partial charge in [0.15, 0.2) is 0 Å². The molecule has 0 aromatic heterocycles. The SMILES string of the molecule is CS(=O)(=O)NC(=O)CCCC(NC(=O)OCc1ccccc1)C(=O)OCc1ccccc1. The minimum absolute atomic E-state index is 0.0193. The lowest BCUT2D eigenvalue weighted by Gasteiger charge is -2.17. The molecule has 0 aliphatic carbocycles. The van der Waals surface area contributed by atoms with Crippen molar-refractivity contribution in [2.45, 2.75) is 38.5 Å². The molecule has 2 aromatic rings. The summed E-state index contributed by atoms with van der Waals surface area (Å²) in [5.41, 5.74) is 1.56. The average Bonchev–Trinajstić information content (AvgIpc) is 2.75. The largest absolute Gasteiger partial charge is 0.459 e. The Kier molecular flexibility index (Phi) is 9.68. The molecule has 1 unspecified atom stereocenters. The number of hydrogen-bond donors (Lipinski definition) is 2. The van der Waals surface area contributed by atoms with Crippen molar-refractivity contribution in [2.24, 2.45) is 0 Å². The summed E-state index contributed by atoms with van der Waals surface area (Å²) in [4.78, 5) is 36.4. The van der Waals surface area contributed by atoms with Crippen molar-refractivity contribution < 1.29 is 32.3 Å². The fourth-order valence-electron chi connectivity index (χ4n) is 2.71. The first-order valence-electron chi connectivity index (χ1n) is 9.91. The molecular weight excluding hydrogens is 436 g/mol. The number of esters is 1. The van der Waals surface area contributed by atoms with Crippen molar-refractivity contribution in [1.82, 2.24) is 10.0 Å². The molecule has 2 aromatic carbocycles. The van der Waals surface area contributed by atoms with E-state index in [9.17, 15) is 22.8 Å². The molecule has 0 saturated heterocycles. The van der Waals surface area contributed by atoms with E-state index < -0.39 is 34.0 Å². The van der Waals surface area contributed by atoms with Crippen LogP contribution in [0.1, 0.15) is 30.4 Å². The van der Waals surface area contributed by atoms with E-state index in [1.807, 2.05) is 29.0 Å². The van der Waals surface area contributed by atoms with E-state index in [4.69, 9.17) is 9.47 Å². The Morgan fingerprint density at radius 1 is 0.875 bits per heavy atom. The summed E-state index contributed by atoms with van der Waals surface area (Å²) in [6.45, 7) is 0.0424. The molecule has 2 N–H and O–H groups in total. The molecule has 0 fully saturated rings. The number of rotatable bonds is 11. The number of sulfonamides is 1. The third-order valence-corrected chi connectivity index (χ3v) is 4.81. The number of amides is 2. The number of alkyl carbamates (subject to hydrolysis) is 1. The van der Waals surface area contributed by atoms with Gasteiger partial charge in [0.1, 0.15) is 19.3 Å². The minimum atomic E-state index is -3.66. The highest BCUT2D eigenvalue weighted by molar-refractivity contribution is 7.89. The first-order valence-corrected chi connectivity index (χ1v) is 11.8. The molecule has 0 heterocycles. The van der Waals surface area contributed by atoms with Gasteiger partial charge in [0.05, 0.1) is 6.26 Å². The van der Waals surface area contributed by atoms with Crippen molar-refractivity contribution in [2.75, 3.05) is 6.26 Å². The van der Waals surface area contributed by atoms with Crippen LogP contribution >= 0.6 is 0 Å². The standard InChI is InChI=1S/C22H26N2O7S/c1-32(28,29)24-20(25)14-8-13-19(21(26)30-15-17-9-4-2-5-10-17)23-22(27)31-16-18-11-6-3-7-12-18/h2-7,9-12,19H,8,13-16H2,1H3,(H,23,27)(H,24,25). The monoisotopic (exact) mass is 462 g/mol. The summed E-state index contributed by atoms with van der Waals surface area (Å²) in [6.07, 6.45) is 0.127. The molecule has 0 saturated carbocycles. The topological polar surface area (TPSA) is 128 Å². The van der Waals surface area contributed by atoms with Gasteiger partial charge >= 0.3 is 12.1 Å². The van der Waals surface area contributed by atoms with Gasteiger partial charge in [-0.05, 0) is 24.0 Å². The maximum Gasteiger partial charge on any atom is 0.408 e. The van der Waals surface area contributed by atoms with Gasteiger partial charge in [-0.25, -0.2) is 18.0 Å². The van der Waals surface area contributed by atoms with Crippen molar-refractivity contribution >= 4 is 28.0 Å². The van der Waals surface area contributed by atoms with Crippen molar-refractivity contribution in [3.63, 3.8) is 0 Å². The van der Waals surface area contributed by atoms with Crippen LogP contribution < -0.4 is 10.0 Å². The number of carbonyl (C=O) groups excluding carboxylic acids is 3. The second-order valence-corrected chi connectivity index (χ2v) is 8.79. The van der Waals surface area contributed by atoms with Gasteiger partial charge in [-0.1, -0.05) is 60.7 Å². The molecule has 0 aliphatic rings. The molecule has 2 amide bonds. The molecule has 1 atom stereocenters. The van der Waals surface area contributed by atoms with Gasteiger partial charge in [0.25, 0.3) is 0 Å². The Morgan fingerprint density at radius 3 is 1.94 bits per heavy atom. The van der Waals surface area contributed by atoms with Gasteiger partial charge < -0.3 is 14.8 Å². The summed E-state index contributed by atoms with van der Waals surface area (Å²) in [6, 6.07) is 17.0. The molecule has 9 nitrogen and oxygen atoms in total. The van der Waals surface area contributed by atoms with Crippen LogP contribution in [-0.4, -0.2) is 38.7 Å². The zero-order valence-electron chi connectivity index (χ0n) is 17.7. The van der Waals surface area contributed by atoms with Crippen molar-refractivity contribution in [3.8, 4) is 0 Å². The van der Waals surface area contributed by atoms with E-state index in [0.717, 1.165) is 17.4 Å². The first kappa shape index (κ1) is 24.9. The Morgan fingerprint density at radius 2 is 1.41 bits per heavy atom. The number of ether oxygens (including phenoxy) is 2. The molecule has 0 bridgehead atoms. The van der Waals surface area contributed by atoms with Gasteiger partial charge in [0, 0.05) is 6.42 Å². The van der Waals surface area contributed by atoms with Gasteiger partial charge in [-0.3, -0.25) is 9.52 Å². The van der Waals surface area contributed by atoms with E-state index in [1.54, 1.807) is 36.4 Å². The van der Waals surface area contributed by atoms with E-state index in [0.29, 0.717) is 0 Å². The minimum Gasteiger partial charge on any atom is -0.459 e. The maximum atomic E-state index is 12.5. The number of nitrogens with one attached hydrogen (secondary N) is 2. The predicted octanol–water partition coefficient (Wildman–Crippen LogP) is 2.27. The lowest BCUT2D eigenvalue weighted by molar-refractivity contribution is -0.147. The molecule has 32 heavy (non-hydrogen) atoms. The van der Waals surface area contributed by atoms with E-state index in [-0.39, 0.29) is 32.5 Å². The molecule has 0 spiro atoms. The highest BCUT2D eigenvalue weighted by Crippen LogP contribution is 2.08. The molecule has 2 rings (SSSR count). The normalized spacial score (nSPS) is 11.8. The Labute approximate surface area is 187 Å². The van der Waals surface area contributed by atoms with Crippen LogP contribution in [0.2, 0.25) is 0 Å². The molecular formula is C22H26N2O7S. The second kappa shape index (κ2) is 12.5. The lowest BCUT2D eigenvalue weighted by Crippen LogP contribution is -2.42. The third-order valence-electron chi connectivity index (χ3n) is 4.21. The quantitative estimate of drug-likeness (QED) is 0.490. The van der Waals surface area contributed by atoms with Gasteiger partial charge in [0.2, 0.25) is 15.9 Å². The van der Waals surface area contributed by atoms with E-state index in [1.165, 1.54) is 0 Å². The average molecular weight is 463 g/mol. The van der Waals surface area contributed by atoms with Crippen molar-refractivity contribution in [3.05, 3.63) is 71.8 Å². The first-order chi connectivity index (χ1) is 15.2. The summed E-state index contributed by atoms with van der Waals surface area (Å²) >= 11 is 0. The number of benzene rings is 2. The zero-order valence-corrected chi connectivity index (χ0v) is 18.5. The fourth-order valence-corrected chi connectivity index (χ4v) is 3.23. The van der Waals surface area contributed by atoms with Gasteiger partial charge in [-0.15, -0.1) is 0 Å². The second-order valence-electron chi connectivity index (χ2n) is 7.04. The Balaban J connectivity index is 1.91. The van der Waals surface area contributed by atoms with Crippen LogP contribution in [0.25, 0.3) is 0 Å². The summed E-state index contributed by atoms with van der Waals surface area (Å²) in [5.74, 6) is -1.38. The highest BCUT2D eigenvalue weighted by atomic mass is 32.2. The summed E-state index contributed by atoms with van der Waals surface area (Å²) < 4.78 is 34.5. The lowest BCUT2D eigenvalue weighted by atomic mass is 10.1. The van der Waals surface area contributed by atoms with Crippen LogP contribution in [0.5, 0.6) is 0 Å². The van der Waals surface area contributed by atoms with Crippen molar-refractivity contribution in [1.29, 1.82) is 0 Å². The van der Waals surface area contributed by atoms with Gasteiger partial charge in [-0.2, -0.15) is 0 Å². The predicted molar refractivity (Wildman–Crippen MR) is 117 cm³/mol. The smallest absolute Gasteiger partial charge is 0.408 e. The Bertz CT molecular complexity index is 995. The van der Waals surface area contributed by atoms with Crippen LogP contribution in [0.4, 0.5) is 4.79 Å². The van der Waals surface area contributed by atoms with Crippen LogP contribution in [0.3, 0.4) is 0 Å². The van der Waals surface area contributed by atoms with Crippen LogP contribution in [-0.2, 0) is 42.3 Å². The zero-order chi connectivity index (χ0) is 23.4. The summed E-state index contributed by atoms with van der Waals surface area (Å²) in [7, 11) is -3.66.